The van der Waals surface area contributed by atoms with Crippen LogP contribution >= 0.6 is 11.3 Å². The molecule has 0 aliphatic rings. The second-order valence-corrected chi connectivity index (χ2v) is 5.69. The van der Waals surface area contributed by atoms with Crippen molar-refractivity contribution in [3.8, 4) is 17.3 Å². The third-order valence-electron chi connectivity index (χ3n) is 3.25. The maximum atomic E-state index is 12.2. The molecule has 114 valence electrons. The molecule has 0 radical (unpaired) electrons. The number of benzene rings is 1. The molecule has 1 unspecified atom stereocenters. The van der Waals surface area contributed by atoms with Crippen molar-refractivity contribution < 1.29 is 9.21 Å². The van der Waals surface area contributed by atoms with Crippen LogP contribution in [0, 0.1) is 11.3 Å². The molecular weight excluding hydrogens is 310 g/mol. The Bertz CT molecular complexity index is 819. The number of furan rings is 1. The van der Waals surface area contributed by atoms with Gasteiger partial charge in [-0.15, -0.1) is 11.3 Å². The fourth-order valence-corrected chi connectivity index (χ4v) is 2.95. The molecule has 6 heteroatoms. The molecule has 0 spiro atoms. The number of rotatable bonds is 5. The normalized spacial score (nSPS) is 11.6. The molecule has 2 aromatic heterocycles. The largest absolute Gasteiger partial charge is 0.467 e. The van der Waals surface area contributed by atoms with Crippen molar-refractivity contribution in [2.24, 2.45) is 0 Å². The number of thiazole rings is 1. The van der Waals surface area contributed by atoms with Crippen LogP contribution in [0.3, 0.4) is 0 Å². The Morgan fingerprint density at radius 3 is 2.83 bits per heavy atom. The van der Waals surface area contributed by atoms with Crippen LogP contribution < -0.4 is 5.32 Å². The van der Waals surface area contributed by atoms with Crippen molar-refractivity contribution in [3.05, 3.63) is 64.9 Å². The zero-order valence-corrected chi connectivity index (χ0v) is 12.9. The van der Waals surface area contributed by atoms with Gasteiger partial charge in [-0.05, 0) is 12.1 Å². The van der Waals surface area contributed by atoms with Crippen LogP contribution in [0.4, 0.5) is 0 Å². The fraction of sp³-hybridized carbons (Fsp3) is 0.118. The zero-order chi connectivity index (χ0) is 16.1. The molecular formula is C17H13N3O2S. The molecule has 3 aromatic rings. The lowest BCUT2D eigenvalue weighted by Crippen LogP contribution is -2.28. The number of nitriles is 1. The standard InChI is InChI=1S/C17H13N3O2S/c18-9-14(16(21)19-10-13-7-4-8-22-13)17-20-15(11-23-17)12-5-2-1-3-6-12/h1-8,11,14H,10H2,(H,19,21). The second kappa shape index (κ2) is 6.90. The average Bonchev–Trinajstić information content (AvgIpc) is 3.26. The molecule has 1 N–H and O–H groups in total. The lowest BCUT2D eigenvalue weighted by Gasteiger charge is -2.06. The van der Waals surface area contributed by atoms with Gasteiger partial charge >= 0.3 is 0 Å². The summed E-state index contributed by atoms with van der Waals surface area (Å²) in [5.41, 5.74) is 1.73. The number of carbonyl (C=O) groups excluding carboxylic acids is 1. The number of aromatic nitrogens is 1. The highest BCUT2D eigenvalue weighted by molar-refractivity contribution is 7.10. The van der Waals surface area contributed by atoms with E-state index in [1.165, 1.54) is 17.6 Å². The van der Waals surface area contributed by atoms with Crippen LogP contribution in [0.5, 0.6) is 0 Å². The van der Waals surface area contributed by atoms with Gasteiger partial charge in [-0.1, -0.05) is 30.3 Å². The van der Waals surface area contributed by atoms with Crippen molar-refractivity contribution in [3.63, 3.8) is 0 Å². The highest BCUT2D eigenvalue weighted by Crippen LogP contribution is 2.26. The summed E-state index contributed by atoms with van der Waals surface area (Å²) < 4.78 is 5.15. The quantitative estimate of drug-likeness (QED) is 0.781. The maximum Gasteiger partial charge on any atom is 0.244 e. The average molecular weight is 323 g/mol. The second-order valence-electron chi connectivity index (χ2n) is 4.80. The molecule has 1 aromatic carbocycles. The van der Waals surface area contributed by atoms with Gasteiger partial charge in [0.1, 0.15) is 10.8 Å². The first-order valence-electron chi connectivity index (χ1n) is 6.98. The van der Waals surface area contributed by atoms with Gasteiger partial charge in [0, 0.05) is 10.9 Å². The van der Waals surface area contributed by atoms with Crippen molar-refractivity contribution in [2.75, 3.05) is 0 Å². The van der Waals surface area contributed by atoms with Gasteiger partial charge in [-0.3, -0.25) is 4.79 Å². The SMILES string of the molecule is N#CC(C(=O)NCc1ccco1)c1nc(-c2ccccc2)cs1. The van der Waals surface area contributed by atoms with Gasteiger partial charge in [0.2, 0.25) is 5.91 Å². The number of nitrogens with zero attached hydrogens (tertiary/aromatic N) is 2. The minimum Gasteiger partial charge on any atom is -0.467 e. The summed E-state index contributed by atoms with van der Waals surface area (Å²) >= 11 is 1.31. The van der Waals surface area contributed by atoms with E-state index in [2.05, 4.69) is 10.3 Å². The Balaban J connectivity index is 1.72. The van der Waals surface area contributed by atoms with E-state index in [-0.39, 0.29) is 12.5 Å². The van der Waals surface area contributed by atoms with Gasteiger partial charge in [-0.25, -0.2) is 4.98 Å². The Morgan fingerprint density at radius 2 is 2.13 bits per heavy atom. The Morgan fingerprint density at radius 1 is 1.30 bits per heavy atom. The minimum absolute atomic E-state index is 0.251. The van der Waals surface area contributed by atoms with Crippen LogP contribution in [0.1, 0.15) is 16.7 Å². The highest BCUT2D eigenvalue weighted by Gasteiger charge is 2.23. The molecule has 0 aliphatic carbocycles. The smallest absolute Gasteiger partial charge is 0.244 e. The maximum absolute atomic E-state index is 12.2. The third-order valence-corrected chi connectivity index (χ3v) is 4.16. The molecule has 1 amide bonds. The van der Waals surface area contributed by atoms with E-state index in [1.807, 2.05) is 41.8 Å². The predicted octanol–water partition coefficient (Wildman–Crippen LogP) is 3.33. The number of hydrogen-bond acceptors (Lipinski definition) is 5. The van der Waals surface area contributed by atoms with E-state index in [1.54, 1.807) is 12.1 Å². The van der Waals surface area contributed by atoms with E-state index in [4.69, 9.17) is 4.42 Å². The summed E-state index contributed by atoms with van der Waals surface area (Å²) in [6.07, 6.45) is 1.54. The van der Waals surface area contributed by atoms with Gasteiger partial charge < -0.3 is 9.73 Å². The molecule has 0 bridgehead atoms. The number of nitrogens with one attached hydrogen (secondary N) is 1. The molecule has 5 nitrogen and oxygen atoms in total. The van der Waals surface area contributed by atoms with E-state index in [0.717, 1.165) is 11.3 Å². The molecule has 2 heterocycles. The summed E-state index contributed by atoms with van der Waals surface area (Å²) in [6, 6.07) is 15.2. The van der Waals surface area contributed by atoms with E-state index < -0.39 is 5.92 Å². The zero-order valence-electron chi connectivity index (χ0n) is 12.1. The van der Waals surface area contributed by atoms with Gasteiger partial charge in [0.05, 0.1) is 24.6 Å². The summed E-state index contributed by atoms with van der Waals surface area (Å²) in [6.45, 7) is 0.251. The minimum atomic E-state index is -0.924. The highest BCUT2D eigenvalue weighted by atomic mass is 32.1. The van der Waals surface area contributed by atoms with Crippen molar-refractivity contribution in [2.45, 2.75) is 12.5 Å². The molecule has 0 saturated carbocycles. The number of amides is 1. The number of carbonyl (C=O) groups is 1. The van der Waals surface area contributed by atoms with E-state index in [0.29, 0.717) is 10.8 Å². The van der Waals surface area contributed by atoms with Crippen LogP contribution in [0.25, 0.3) is 11.3 Å². The molecule has 23 heavy (non-hydrogen) atoms. The van der Waals surface area contributed by atoms with Crippen molar-refractivity contribution in [1.29, 1.82) is 5.26 Å². The first-order valence-corrected chi connectivity index (χ1v) is 7.86. The monoisotopic (exact) mass is 323 g/mol. The van der Waals surface area contributed by atoms with Crippen LogP contribution in [-0.2, 0) is 11.3 Å². The Hall–Kier alpha value is -2.91. The lowest BCUT2D eigenvalue weighted by atomic mass is 10.1. The first kappa shape index (κ1) is 15.0. The first-order chi connectivity index (χ1) is 11.3. The summed E-state index contributed by atoms with van der Waals surface area (Å²) in [5, 5.41) is 14.4. The fourth-order valence-electron chi connectivity index (χ4n) is 2.08. The van der Waals surface area contributed by atoms with E-state index >= 15 is 0 Å². The summed E-state index contributed by atoms with van der Waals surface area (Å²) in [7, 11) is 0. The molecule has 0 saturated heterocycles. The van der Waals surface area contributed by atoms with Crippen LogP contribution in [0.2, 0.25) is 0 Å². The van der Waals surface area contributed by atoms with Crippen molar-refractivity contribution >= 4 is 17.2 Å². The van der Waals surface area contributed by atoms with Crippen LogP contribution in [0.15, 0.2) is 58.5 Å². The van der Waals surface area contributed by atoms with Gasteiger partial charge in [-0.2, -0.15) is 5.26 Å². The van der Waals surface area contributed by atoms with Crippen LogP contribution in [-0.4, -0.2) is 10.9 Å². The number of hydrogen-bond donors (Lipinski definition) is 1. The van der Waals surface area contributed by atoms with Gasteiger partial charge in [0.15, 0.2) is 5.92 Å². The van der Waals surface area contributed by atoms with E-state index in [9.17, 15) is 10.1 Å². The molecule has 1 atom stereocenters. The molecule has 0 aliphatic heterocycles. The topological polar surface area (TPSA) is 78.9 Å². The Labute approximate surface area is 137 Å². The molecule has 3 rings (SSSR count). The third kappa shape index (κ3) is 3.47. The Kier molecular flexibility index (Phi) is 4.50. The predicted molar refractivity (Wildman–Crippen MR) is 86.5 cm³/mol. The molecule has 0 fully saturated rings. The lowest BCUT2D eigenvalue weighted by molar-refractivity contribution is -0.121. The van der Waals surface area contributed by atoms with Crippen molar-refractivity contribution in [1.82, 2.24) is 10.3 Å². The summed E-state index contributed by atoms with van der Waals surface area (Å²) in [4.78, 5) is 16.6. The van der Waals surface area contributed by atoms with Gasteiger partial charge in [0.25, 0.3) is 0 Å². The summed E-state index contributed by atoms with van der Waals surface area (Å²) in [5.74, 6) is -0.663.